The average Bonchev–Trinajstić information content (AvgIpc) is 3.02. The van der Waals surface area contributed by atoms with Gasteiger partial charge in [0.2, 0.25) is 0 Å². The minimum atomic E-state index is -0.984. The van der Waals surface area contributed by atoms with Gasteiger partial charge in [0, 0.05) is 6.42 Å². The van der Waals surface area contributed by atoms with E-state index in [2.05, 4.69) is 6.07 Å². The second kappa shape index (κ2) is 10.3. The van der Waals surface area contributed by atoms with Crippen molar-refractivity contribution in [1.82, 2.24) is 0 Å². The number of ether oxygens (including phenoxy) is 2. The van der Waals surface area contributed by atoms with Gasteiger partial charge in [-0.3, -0.25) is 4.79 Å². The third kappa shape index (κ3) is 5.34. The SMILES string of the molecule is CCCC(=O)O[C@@H](CC)CC[C@@H]1[C@H]2Cc3cccc(OCC(=O)O)c3C[C@H]2C[C@H]1O. The third-order valence-electron chi connectivity index (χ3n) is 6.73. The van der Waals surface area contributed by atoms with E-state index in [1.807, 2.05) is 26.0 Å². The molecule has 1 aromatic carbocycles. The summed E-state index contributed by atoms with van der Waals surface area (Å²) >= 11 is 0. The highest BCUT2D eigenvalue weighted by Gasteiger charge is 2.45. The number of esters is 1. The highest BCUT2D eigenvalue weighted by molar-refractivity contribution is 5.69. The van der Waals surface area contributed by atoms with Gasteiger partial charge in [0.15, 0.2) is 6.61 Å². The zero-order chi connectivity index (χ0) is 21.7. The van der Waals surface area contributed by atoms with Crippen LogP contribution in [-0.2, 0) is 27.2 Å². The number of aliphatic hydroxyl groups is 1. The topological polar surface area (TPSA) is 93.1 Å². The van der Waals surface area contributed by atoms with Crippen LogP contribution < -0.4 is 4.74 Å². The molecule has 166 valence electrons. The second-order valence-electron chi connectivity index (χ2n) is 8.72. The van der Waals surface area contributed by atoms with E-state index in [4.69, 9.17) is 14.6 Å². The van der Waals surface area contributed by atoms with Crippen LogP contribution in [0.25, 0.3) is 0 Å². The number of aliphatic carboxylic acids is 1. The lowest BCUT2D eigenvalue weighted by molar-refractivity contribution is -0.149. The Balaban J connectivity index is 1.65. The molecule has 1 saturated carbocycles. The summed E-state index contributed by atoms with van der Waals surface area (Å²) in [6.45, 7) is 3.66. The number of benzene rings is 1. The molecule has 0 heterocycles. The Morgan fingerprint density at radius 1 is 1.23 bits per heavy atom. The molecule has 1 fully saturated rings. The summed E-state index contributed by atoms with van der Waals surface area (Å²) in [6, 6.07) is 5.83. The summed E-state index contributed by atoms with van der Waals surface area (Å²) in [4.78, 5) is 22.7. The number of carbonyl (C=O) groups excluding carboxylic acids is 1. The predicted molar refractivity (Wildman–Crippen MR) is 112 cm³/mol. The van der Waals surface area contributed by atoms with Crippen molar-refractivity contribution in [2.75, 3.05) is 6.61 Å². The van der Waals surface area contributed by atoms with Crippen LogP contribution in [0.2, 0.25) is 0 Å². The Hall–Kier alpha value is -2.08. The number of carboxylic acid groups (broad SMARTS) is 1. The zero-order valence-electron chi connectivity index (χ0n) is 18.0. The first-order valence-electron chi connectivity index (χ1n) is 11.3. The number of hydrogen-bond acceptors (Lipinski definition) is 5. The van der Waals surface area contributed by atoms with Gasteiger partial charge in [0.1, 0.15) is 11.9 Å². The van der Waals surface area contributed by atoms with Crippen molar-refractivity contribution in [3.05, 3.63) is 29.3 Å². The van der Waals surface area contributed by atoms with Crippen LogP contribution >= 0.6 is 0 Å². The van der Waals surface area contributed by atoms with Crippen LogP contribution in [0, 0.1) is 17.8 Å². The van der Waals surface area contributed by atoms with Gasteiger partial charge in [0.05, 0.1) is 6.10 Å². The maximum Gasteiger partial charge on any atom is 0.341 e. The molecule has 0 bridgehead atoms. The Morgan fingerprint density at radius 2 is 2.03 bits per heavy atom. The summed E-state index contributed by atoms with van der Waals surface area (Å²) in [6.07, 6.45) is 5.69. The molecule has 30 heavy (non-hydrogen) atoms. The van der Waals surface area contributed by atoms with Crippen LogP contribution in [-0.4, -0.2) is 41.0 Å². The molecule has 6 nitrogen and oxygen atoms in total. The monoisotopic (exact) mass is 418 g/mol. The number of carbonyl (C=O) groups is 2. The van der Waals surface area contributed by atoms with Crippen LogP contribution in [0.1, 0.15) is 63.5 Å². The number of hydrogen-bond donors (Lipinski definition) is 2. The fraction of sp³-hybridized carbons (Fsp3) is 0.667. The maximum atomic E-state index is 11.8. The Labute approximate surface area is 178 Å². The van der Waals surface area contributed by atoms with Crippen molar-refractivity contribution >= 4 is 11.9 Å². The van der Waals surface area contributed by atoms with E-state index in [9.17, 15) is 14.7 Å². The van der Waals surface area contributed by atoms with E-state index in [0.29, 0.717) is 24.0 Å². The van der Waals surface area contributed by atoms with Gasteiger partial charge in [-0.05, 0) is 79.9 Å². The molecule has 6 heteroatoms. The molecule has 3 rings (SSSR count). The molecule has 0 aromatic heterocycles. The van der Waals surface area contributed by atoms with Gasteiger partial charge in [0.25, 0.3) is 0 Å². The lowest BCUT2D eigenvalue weighted by Crippen LogP contribution is -2.28. The van der Waals surface area contributed by atoms with Crippen molar-refractivity contribution in [3.63, 3.8) is 0 Å². The van der Waals surface area contributed by atoms with Crippen molar-refractivity contribution in [2.45, 2.75) is 77.4 Å². The summed E-state index contributed by atoms with van der Waals surface area (Å²) in [5, 5.41) is 19.7. The molecule has 0 spiro atoms. The quantitative estimate of drug-likeness (QED) is 0.562. The number of aliphatic hydroxyl groups excluding tert-OH is 1. The molecule has 2 aliphatic carbocycles. The molecule has 1 aromatic rings. The molecular weight excluding hydrogens is 384 g/mol. The second-order valence-corrected chi connectivity index (χ2v) is 8.72. The van der Waals surface area contributed by atoms with Crippen LogP contribution in [0.3, 0.4) is 0 Å². The van der Waals surface area contributed by atoms with Crippen molar-refractivity contribution in [3.8, 4) is 5.75 Å². The van der Waals surface area contributed by atoms with E-state index < -0.39 is 5.97 Å². The summed E-state index contributed by atoms with van der Waals surface area (Å²) in [5.41, 5.74) is 2.28. The first kappa shape index (κ1) is 22.6. The van der Waals surface area contributed by atoms with E-state index in [1.165, 1.54) is 5.56 Å². The lowest BCUT2D eigenvalue weighted by atomic mass is 9.73. The maximum absolute atomic E-state index is 11.8. The highest BCUT2D eigenvalue weighted by atomic mass is 16.5. The first-order valence-corrected chi connectivity index (χ1v) is 11.3. The fourth-order valence-electron chi connectivity index (χ4n) is 5.25. The Morgan fingerprint density at radius 3 is 2.73 bits per heavy atom. The molecule has 2 N–H and O–H groups in total. The van der Waals surface area contributed by atoms with Crippen LogP contribution in [0.5, 0.6) is 5.75 Å². The van der Waals surface area contributed by atoms with E-state index in [0.717, 1.165) is 50.5 Å². The average molecular weight is 419 g/mol. The van der Waals surface area contributed by atoms with Gasteiger partial charge in [-0.15, -0.1) is 0 Å². The minimum Gasteiger partial charge on any atom is -0.482 e. The van der Waals surface area contributed by atoms with Crippen LogP contribution in [0.4, 0.5) is 0 Å². The molecular formula is C24H34O6. The minimum absolute atomic E-state index is 0.0813. The molecule has 0 radical (unpaired) electrons. The van der Waals surface area contributed by atoms with Crippen LogP contribution in [0.15, 0.2) is 18.2 Å². The van der Waals surface area contributed by atoms with Crippen molar-refractivity contribution < 1.29 is 29.3 Å². The van der Waals surface area contributed by atoms with E-state index in [-0.39, 0.29) is 30.7 Å². The molecule has 0 aliphatic heterocycles. The molecule has 5 atom stereocenters. The first-order chi connectivity index (χ1) is 14.4. The van der Waals surface area contributed by atoms with Gasteiger partial charge in [-0.1, -0.05) is 26.0 Å². The zero-order valence-corrected chi connectivity index (χ0v) is 18.0. The normalized spacial score (nSPS) is 25.8. The fourth-order valence-corrected chi connectivity index (χ4v) is 5.25. The largest absolute Gasteiger partial charge is 0.482 e. The van der Waals surface area contributed by atoms with Gasteiger partial charge < -0.3 is 19.7 Å². The van der Waals surface area contributed by atoms with Crippen molar-refractivity contribution in [1.29, 1.82) is 0 Å². The summed E-state index contributed by atoms with van der Waals surface area (Å²) in [7, 11) is 0. The number of fused-ring (bicyclic) bond motifs is 2. The number of rotatable bonds is 10. The Kier molecular flexibility index (Phi) is 7.75. The van der Waals surface area contributed by atoms with E-state index >= 15 is 0 Å². The Bertz CT molecular complexity index is 745. The van der Waals surface area contributed by atoms with Gasteiger partial charge in [-0.25, -0.2) is 4.79 Å². The van der Waals surface area contributed by atoms with Crippen molar-refractivity contribution in [2.24, 2.45) is 17.8 Å². The number of carboxylic acids is 1. The van der Waals surface area contributed by atoms with Gasteiger partial charge >= 0.3 is 11.9 Å². The summed E-state index contributed by atoms with van der Waals surface area (Å²) in [5.74, 6) is 0.504. The molecule has 0 saturated heterocycles. The van der Waals surface area contributed by atoms with Gasteiger partial charge in [-0.2, -0.15) is 0 Å². The molecule has 0 unspecified atom stereocenters. The highest BCUT2D eigenvalue weighted by Crippen LogP contribution is 2.48. The molecule has 2 aliphatic rings. The molecule has 0 amide bonds. The third-order valence-corrected chi connectivity index (χ3v) is 6.73. The lowest BCUT2D eigenvalue weighted by Gasteiger charge is -2.32. The van der Waals surface area contributed by atoms with E-state index in [1.54, 1.807) is 0 Å². The smallest absolute Gasteiger partial charge is 0.341 e. The predicted octanol–water partition coefficient (Wildman–Crippen LogP) is 3.76. The summed E-state index contributed by atoms with van der Waals surface area (Å²) < 4.78 is 11.1. The standard InChI is InChI=1S/C24H34O6/c1-3-6-24(28)30-17(4-2)9-10-18-19-11-15-7-5-8-22(29-14-23(26)27)20(15)12-16(19)13-21(18)25/h5,7-8,16-19,21,25H,3-4,6,9-14H2,1-2H3,(H,26,27)/t16-,17-,18+,19-,21+/m0/s1.